The first kappa shape index (κ1) is 14.9. The van der Waals surface area contributed by atoms with Gasteiger partial charge in [0.05, 0.1) is 6.61 Å². The van der Waals surface area contributed by atoms with E-state index in [1.165, 1.54) is 0 Å². The topological polar surface area (TPSA) is 49.8 Å². The predicted octanol–water partition coefficient (Wildman–Crippen LogP) is 2.77. The highest BCUT2D eigenvalue weighted by molar-refractivity contribution is 5.73. The van der Waals surface area contributed by atoms with Crippen molar-refractivity contribution < 1.29 is 14.6 Å². The van der Waals surface area contributed by atoms with E-state index in [0.717, 1.165) is 30.7 Å². The monoisotopic (exact) mass is 277 g/mol. The third-order valence-electron chi connectivity index (χ3n) is 3.52. The van der Waals surface area contributed by atoms with Crippen molar-refractivity contribution in [2.75, 3.05) is 13.2 Å². The molecule has 1 atom stereocenters. The van der Waals surface area contributed by atoms with Crippen molar-refractivity contribution in [2.45, 2.75) is 39.3 Å². The molecular weight excluding hydrogens is 254 g/mol. The molecule has 0 spiro atoms. The Morgan fingerprint density at radius 3 is 3.00 bits per heavy atom. The summed E-state index contributed by atoms with van der Waals surface area (Å²) in [6, 6.07) is 7.62. The van der Waals surface area contributed by atoms with Gasteiger partial charge in [-0.2, -0.15) is 0 Å². The lowest BCUT2D eigenvalue weighted by Gasteiger charge is -2.21. The number of carboxylic acids is 1. The Labute approximate surface area is 120 Å². The molecule has 0 bridgehead atoms. The molecule has 1 heterocycles. The molecule has 1 aromatic rings. The van der Waals surface area contributed by atoms with E-state index in [1.54, 1.807) is 0 Å². The Bertz CT molecular complexity index is 459. The van der Waals surface area contributed by atoms with Crippen molar-refractivity contribution in [2.24, 2.45) is 5.92 Å². The van der Waals surface area contributed by atoms with Crippen molar-refractivity contribution in [1.82, 2.24) is 4.90 Å². The number of hydrogen-bond acceptors (Lipinski definition) is 3. The quantitative estimate of drug-likeness (QED) is 0.868. The van der Waals surface area contributed by atoms with Crippen molar-refractivity contribution >= 4 is 5.97 Å². The van der Waals surface area contributed by atoms with Crippen LogP contribution in [-0.4, -0.2) is 35.2 Å². The van der Waals surface area contributed by atoms with Crippen molar-refractivity contribution in [3.8, 4) is 5.75 Å². The summed E-state index contributed by atoms with van der Waals surface area (Å²) in [7, 11) is 0. The first-order valence-electron chi connectivity index (χ1n) is 7.25. The van der Waals surface area contributed by atoms with Crippen LogP contribution in [0.15, 0.2) is 24.3 Å². The maximum Gasteiger partial charge on any atom is 0.320 e. The molecule has 110 valence electrons. The second-order valence-corrected chi connectivity index (χ2v) is 5.82. The molecule has 1 aliphatic heterocycles. The van der Waals surface area contributed by atoms with Gasteiger partial charge in [0.2, 0.25) is 0 Å². The van der Waals surface area contributed by atoms with Gasteiger partial charge >= 0.3 is 5.97 Å². The number of carboxylic acid groups (broad SMARTS) is 1. The summed E-state index contributed by atoms with van der Waals surface area (Å²) in [6.45, 7) is 6.46. The van der Waals surface area contributed by atoms with Crippen LogP contribution in [0.2, 0.25) is 0 Å². The number of aliphatic carboxylic acids is 1. The molecule has 1 fully saturated rings. The van der Waals surface area contributed by atoms with E-state index in [2.05, 4.69) is 13.8 Å². The Morgan fingerprint density at radius 2 is 2.30 bits per heavy atom. The van der Waals surface area contributed by atoms with E-state index in [0.29, 0.717) is 19.1 Å². The molecular formula is C16H23NO3. The van der Waals surface area contributed by atoms with E-state index < -0.39 is 5.97 Å². The zero-order valence-corrected chi connectivity index (χ0v) is 12.2. The van der Waals surface area contributed by atoms with Crippen LogP contribution in [-0.2, 0) is 11.3 Å². The van der Waals surface area contributed by atoms with E-state index in [9.17, 15) is 9.90 Å². The molecule has 1 unspecified atom stereocenters. The van der Waals surface area contributed by atoms with Gasteiger partial charge in [-0.15, -0.1) is 0 Å². The highest BCUT2D eigenvalue weighted by atomic mass is 16.5. The third-order valence-corrected chi connectivity index (χ3v) is 3.52. The lowest BCUT2D eigenvalue weighted by molar-refractivity contribution is -0.142. The molecule has 1 saturated heterocycles. The average molecular weight is 277 g/mol. The van der Waals surface area contributed by atoms with Gasteiger partial charge in [0.15, 0.2) is 0 Å². The number of hydrogen-bond donors (Lipinski definition) is 1. The fourth-order valence-corrected chi connectivity index (χ4v) is 2.53. The second kappa shape index (κ2) is 6.75. The molecule has 2 rings (SSSR count). The highest BCUT2D eigenvalue weighted by Gasteiger charge is 2.30. The lowest BCUT2D eigenvalue weighted by atomic mass is 10.1. The molecule has 0 amide bonds. The molecule has 0 aliphatic carbocycles. The third kappa shape index (κ3) is 3.97. The number of likely N-dealkylation sites (tertiary alicyclic amines) is 1. The van der Waals surface area contributed by atoms with E-state index >= 15 is 0 Å². The van der Waals surface area contributed by atoms with Gasteiger partial charge in [-0.3, -0.25) is 9.69 Å². The molecule has 1 aromatic carbocycles. The van der Waals surface area contributed by atoms with Gasteiger partial charge in [0.25, 0.3) is 0 Å². The maximum absolute atomic E-state index is 11.2. The summed E-state index contributed by atoms with van der Waals surface area (Å²) in [6.07, 6.45) is 1.71. The summed E-state index contributed by atoms with van der Waals surface area (Å²) < 4.78 is 5.71. The van der Waals surface area contributed by atoms with Crippen LogP contribution in [0.5, 0.6) is 5.75 Å². The van der Waals surface area contributed by atoms with Crippen LogP contribution in [0.1, 0.15) is 32.3 Å². The fourth-order valence-electron chi connectivity index (χ4n) is 2.53. The maximum atomic E-state index is 11.2. The largest absolute Gasteiger partial charge is 0.493 e. The van der Waals surface area contributed by atoms with Gasteiger partial charge in [0.1, 0.15) is 11.8 Å². The number of rotatable bonds is 6. The average Bonchev–Trinajstić information content (AvgIpc) is 2.85. The van der Waals surface area contributed by atoms with Crippen molar-refractivity contribution in [3.05, 3.63) is 29.8 Å². The molecule has 0 saturated carbocycles. The van der Waals surface area contributed by atoms with Crippen LogP contribution in [0.4, 0.5) is 0 Å². The summed E-state index contributed by atoms with van der Waals surface area (Å²) in [5, 5.41) is 9.20. The SMILES string of the molecule is CC(C)COc1cccc(CN2CCCC2C(=O)O)c1. The highest BCUT2D eigenvalue weighted by Crippen LogP contribution is 2.22. The Hall–Kier alpha value is -1.55. The van der Waals surface area contributed by atoms with Crippen LogP contribution >= 0.6 is 0 Å². The summed E-state index contributed by atoms with van der Waals surface area (Å²) in [5.74, 6) is 0.644. The molecule has 0 aromatic heterocycles. The van der Waals surface area contributed by atoms with Crippen LogP contribution in [0, 0.1) is 5.92 Å². The number of benzene rings is 1. The number of carbonyl (C=O) groups is 1. The van der Waals surface area contributed by atoms with Gasteiger partial charge in [-0.25, -0.2) is 0 Å². The van der Waals surface area contributed by atoms with Crippen molar-refractivity contribution in [3.63, 3.8) is 0 Å². The van der Waals surface area contributed by atoms with Crippen LogP contribution < -0.4 is 4.74 Å². The predicted molar refractivity (Wildman–Crippen MR) is 77.8 cm³/mol. The summed E-state index contributed by atoms with van der Waals surface area (Å²) in [4.78, 5) is 13.2. The number of ether oxygens (including phenoxy) is 1. The second-order valence-electron chi connectivity index (χ2n) is 5.82. The zero-order chi connectivity index (χ0) is 14.5. The lowest BCUT2D eigenvalue weighted by Crippen LogP contribution is -2.35. The molecule has 4 nitrogen and oxygen atoms in total. The fraction of sp³-hybridized carbons (Fsp3) is 0.562. The minimum Gasteiger partial charge on any atom is -0.493 e. The summed E-state index contributed by atoms with van der Waals surface area (Å²) >= 11 is 0. The van der Waals surface area contributed by atoms with Gasteiger partial charge in [0, 0.05) is 6.54 Å². The molecule has 4 heteroatoms. The number of nitrogens with zero attached hydrogens (tertiary/aromatic N) is 1. The Balaban J connectivity index is 1.98. The molecule has 1 aliphatic rings. The van der Waals surface area contributed by atoms with Gasteiger partial charge in [-0.05, 0) is 43.0 Å². The van der Waals surface area contributed by atoms with Crippen LogP contribution in [0.3, 0.4) is 0 Å². The van der Waals surface area contributed by atoms with Gasteiger partial charge in [-0.1, -0.05) is 26.0 Å². The van der Waals surface area contributed by atoms with Crippen LogP contribution in [0.25, 0.3) is 0 Å². The minimum absolute atomic E-state index is 0.338. The Morgan fingerprint density at radius 1 is 1.50 bits per heavy atom. The van der Waals surface area contributed by atoms with Crippen molar-refractivity contribution in [1.29, 1.82) is 0 Å². The normalized spacial score (nSPS) is 19.4. The van der Waals surface area contributed by atoms with E-state index in [4.69, 9.17) is 4.74 Å². The van der Waals surface area contributed by atoms with Gasteiger partial charge < -0.3 is 9.84 Å². The molecule has 0 radical (unpaired) electrons. The minimum atomic E-state index is -0.713. The smallest absolute Gasteiger partial charge is 0.320 e. The standard InChI is InChI=1S/C16H23NO3/c1-12(2)11-20-14-6-3-5-13(9-14)10-17-8-4-7-15(17)16(18)19/h3,5-6,9,12,15H,4,7-8,10-11H2,1-2H3,(H,18,19). The molecule has 1 N–H and O–H groups in total. The van der Waals surface area contributed by atoms with E-state index in [1.807, 2.05) is 29.2 Å². The van der Waals surface area contributed by atoms with E-state index in [-0.39, 0.29) is 6.04 Å². The first-order valence-corrected chi connectivity index (χ1v) is 7.25. The summed E-state index contributed by atoms with van der Waals surface area (Å²) in [5.41, 5.74) is 1.11. The Kier molecular flexibility index (Phi) is 5.01. The first-order chi connectivity index (χ1) is 9.56. The molecule has 20 heavy (non-hydrogen) atoms. The zero-order valence-electron chi connectivity index (χ0n) is 12.2.